The van der Waals surface area contributed by atoms with Crippen LogP contribution in [0.1, 0.15) is 338 Å². The molecule has 0 unspecified atom stereocenters. The maximum absolute atomic E-state index is 4.87. The van der Waals surface area contributed by atoms with E-state index in [9.17, 15) is 0 Å². The van der Waals surface area contributed by atoms with E-state index in [1.807, 2.05) is 36.8 Å². The van der Waals surface area contributed by atoms with E-state index < -0.39 is 0 Å². The van der Waals surface area contributed by atoms with Crippen molar-refractivity contribution in [1.82, 2.24) is 28.7 Å². The van der Waals surface area contributed by atoms with Crippen molar-refractivity contribution in [3.8, 4) is 118 Å². The molecule has 3 heterocycles. The molecule has 15 rings (SSSR count). The Hall–Kier alpha value is -10.6. The summed E-state index contributed by atoms with van der Waals surface area (Å²) in [4.78, 5) is 14.4. The SMILES string of the molecule is CC(C)c1cc(-c2cc(-c3ccc(C(C)(C)CC(C)(C)C)cc3)cc(-c3ccc(C(C)(C)CC(C)(C)C)cc3)c2)cc(C(C)C)c1-n1ccnc1-c1[c-]cccc1.CC(C)c1cc(-c2cc(-c3ccc(C(C)(C)CC(C)(C)C)cc3)cc(-c3ccc(C(C)(C)CC(C)(C)C)cc3)c2)cc(C(C)C)c1-n1ccnc1-c1ccccc1.CC(C)c1cc(Br)cc(C(C)C)c1-n1ccnc1-c1ccccc1.[Ir]. The third kappa shape index (κ3) is 26.4. The summed E-state index contributed by atoms with van der Waals surface area (Å²) in [7, 11) is 0. The van der Waals surface area contributed by atoms with Gasteiger partial charge in [0.05, 0.1) is 17.2 Å². The molecule has 0 aliphatic carbocycles. The van der Waals surface area contributed by atoms with Crippen LogP contribution in [0.25, 0.3) is 118 Å². The molecule has 6 nitrogen and oxygen atoms in total. The predicted octanol–water partition coefficient (Wildman–Crippen LogP) is 38.8. The largest absolute Gasteiger partial charge is 0.340 e. The van der Waals surface area contributed by atoms with Gasteiger partial charge in [0, 0.05) is 78.6 Å². The molecule has 0 spiro atoms. The maximum Gasteiger partial charge on any atom is 0.144 e. The van der Waals surface area contributed by atoms with Gasteiger partial charge in [-0.15, -0.1) is 35.9 Å². The average Bonchev–Trinajstić information content (AvgIpc) is 1.27. The summed E-state index contributed by atoms with van der Waals surface area (Å²) in [5.74, 6) is 4.94. The first-order chi connectivity index (χ1) is 64.7. The van der Waals surface area contributed by atoms with Crippen LogP contribution >= 0.6 is 15.9 Å². The van der Waals surface area contributed by atoms with Gasteiger partial charge in [0.2, 0.25) is 0 Å². The second-order valence-corrected chi connectivity index (χ2v) is 49.5. The molecule has 12 aromatic carbocycles. The van der Waals surface area contributed by atoms with Crippen LogP contribution in [0.5, 0.6) is 0 Å². The Morgan fingerprint density at radius 3 is 0.691 bits per heavy atom. The summed E-state index contributed by atoms with van der Waals surface area (Å²) < 4.78 is 7.98. The molecule has 0 N–H and O–H groups in total. The van der Waals surface area contributed by atoms with Gasteiger partial charge in [-0.25, -0.2) is 9.97 Å². The molecule has 0 amide bonds. The molecule has 8 heteroatoms. The third-order valence-corrected chi connectivity index (χ3v) is 27.7. The fraction of sp³-hybridized carbons (Fsp3) is 0.382. The molecule has 1 radical (unpaired) electrons. The normalized spacial score (nSPS) is 12.5. The fourth-order valence-corrected chi connectivity index (χ4v) is 22.5. The van der Waals surface area contributed by atoms with Gasteiger partial charge in [-0.2, -0.15) is 0 Å². The molecule has 0 fully saturated rings. The molecule has 3 aromatic heterocycles. The van der Waals surface area contributed by atoms with Crippen LogP contribution in [0.2, 0.25) is 0 Å². The van der Waals surface area contributed by atoms with Crippen LogP contribution in [0.3, 0.4) is 0 Å². The number of rotatable bonds is 26. The summed E-state index contributed by atoms with van der Waals surface area (Å²) in [5, 5.41) is 0. The van der Waals surface area contributed by atoms with E-state index >= 15 is 0 Å². The van der Waals surface area contributed by atoms with Crippen LogP contribution in [0.15, 0.2) is 296 Å². The first-order valence-corrected chi connectivity index (χ1v) is 51.6. The zero-order valence-corrected chi connectivity index (χ0v) is 93.9. The number of hydrogen-bond donors (Lipinski definition) is 0. The van der Waals surface area contributed by atoms with Crippen LogP contribution in [-0.2, 0) is 41.8 Å². The summed E-state index contributed by atoms with van der Waals surface area (Å²) in [6.45, 7) is 74.6. The van der Waals surface area contributed by atoms with Crippen molar-refractivity contribution in [3.63, 3.8) is 0 Å². The number of nitrogens with zero attached hydrogens (tertiary/aromatic N) is 6. The Morgan fingerprint density at radius 2 is 0.460 bits per heavy atom. The Morgan fingerprint density at radius 1 is 0.245 bits per heavy atom. The second-order valence-electron chi connectivity index (χ2n) is 48.6. The van der Waals surface area contributed by atoms with E-state index in [1.165, 1.54) is 139 Å². The average molecular weight is 2090 g/mol. The first kappa shape index (κ1) is 107. The molecular weight excluding hydrogens is 1930 g/mol. The number of hydrogen-bond acceptors (Lipinski definition) is 3. The van der Waals surface area contributed by atoms with Crippen molar-refractivity contribution in [2.75, 3.05) is 0 Å². The molecular formula is C131H158BrIrN6-. The van der Waals surface area contributed by atoms with Gasteiger partial charge in [-0.3, -0.25) is 14.1 Å². The quantitative estimate of drug-likeness (QED) is 0.0508. The van der Waals surface area contributed by atoms with Gasteiger partial charge in [-0.05, 0) is 300 Å². The van der Waals surface area contributed by atoms with Gasteiger partial charge < -0.3 is 4.57 Å². The Bertz CT molecular complexity index is 6010. The molecule has 0 aliphatic rings. The van der Waals surface area contributed by atoms with Crippen molar-refractivity contribution in [1.29, 1.82) is 0 Å². The van der Waals surface area contributed by atoms with Crippen molar-refractivity contribution >= 4 is 15.9 Å². The van der Waals surface area contributed by atoms with E-state index in [-0.39, 0.29) is 63.4 Å². The Balaban J connectivity index is 0.000000201. The Labute approximate surface area is 860 Å². The number of imidazole rings is 3. The molecule has 15 aromatic rings. The molecule has 0 saturated heterocycles. The Kier molecular flexibility index (Phi) is 33.5. The van der Waals surface area contributed by atoms with E-state index in [4.69, 9.17) is 9.97 Å². The van der Waals surface area contributed by atoms with E-state index in [0.717, 1.165) is 64.3 Å². The van der Waals surface area contributed by atoms with Crippen LogP contribution < -0.4 is 0 Å². The standard InChI is InChI=1S/C55H68N2.C55H67N2.C21H23BrN2.Ir/c2*1-37(2)48-33-45(34-49(38(3)4)50(48)57-29-28-56-51(57)41-18-16-15-17-19-41)44-31-42(39-20-24-46(25-21-39)54(11,12)35-52(5,6)7)30-43(32-44)40-22-26-47(27-23-40)55(13,14)36-53(8,9)10;1-14(2)18-12-17(22)13-19(15(3)4)20(18)24-11-10-23-21(24)16-8-6-5-7-9-16;/h15-34,37-38H,35-36H2,1-14H3;15-18,20-34,37-38H,35-36H2,1-14H3;5-15H,1-4H3;/q;-1;;. The summed E-state index contributed by atoms with van der Waals surface area (Å²) in [6, 6.07) is 98.7. The maximum atomic E-state index is 4.87. The third-order valence-electron chi connectivity index (χ3n) is 27.3. The van der Waals surface area contributed by atoms with E-state index in [1.54, 1.807) is 0 Å². The van der Waals surface area contributed by atoms with Gasteiger partial charge >= 0.3 is 0 Å². The van der Waals surface area contributed by atoms with Crippen molar-refractivity contribution in [2.24, 2.45) is 21.7 Å². The van der Waals surface area contributed by atoms with E-state index in [2.05, 4.69) is 517 Å². The smallest absolute Gasteiger partial charge is 0.144 e. The molecule has 0 bridgehead atoms. The molecule has 139 heavy (non-hydrogen) atoms. The fourth-order valence-electron chi connectivity index (χ4n) is 22.0. The predicted molar refractivity (Wildman–Crippen MR) is 599 cm³/mol. The minimum Gasteiger partial charge on any atom is -0.340 e. The van der Waals surface area contributed by atoms with Gasteiger partial charge in [0.1, 0.15) is 11.6 Å². The summed E-state index contributed by atoms with van der Waals surface area (Å²) >= 11 is 3.69. The summed E-state index contributed by atoms with van der Waals surface area (Å²) in [5.41, 5.74) is 36.7. The molecule has 0 saturated carbocycles. The zero-order valence-electron chi connectivity index (χ0n) is 89.9. The van der Waals surface area contributed by atoms with Gasteiger partial charge in [-0.1, -0.05) is 395 Å². The topological polar surface area (TPSA) is 53.5 Å². The van der Waals surface area contributed by atoms with Crippen LogP contribution in [0, 0.1) is 27.7 Å². The van der Waals surface area contributed by atoms with Crippen molar-refractivity contribution in [3.05, 3.63) is 358 Å². The summed E-state index contributed by atoms with van der Waals surface area (Å²) in [6.07, 6.45) is 16.6. The minimum atomic E-state index is 0. The molecule has 729 valence electrons. The monoisotopic (exact) mass is 2090 g/mol. The number of halogens is 1. The second kappa shape index (κ2) is 43.5. The van der Waals surface area contributed by atoms with Crippen LogP contribution in [0.4, 0.5) is 0 Å². The van der Waals surface area contributed by atoms with Crippen molar-refractivity contribution in [2.45, 2.75) is 304 Å². The molecule has 0 aliphatic heterocycles. The zero-order chi connectivity index (χ0) is 100. The molecule has 0 atom stereocenters. The minimum absolute atomic E-state index is 0. The van der Waals surface area contributed by atoms with Crippen LogP contribution in [-0.4, -0.2) is 28.7 Å². The van der Waals surface area contributed by atoms with Gasteiger partial charge in [0.15, 0.2) is 0 Å². The first-order valence-electron chi connectivity index (χ1n) is 50.9. The number of aromatic nitrogens is 6. The van der Waals surface area contributed by atoms with Crippen molar-refractivity contribution < 1.29 is 20.1 Å². The van der Waals surface area contributed by atoms with E-state index in [0.29, 0.717) is 35.5 Å². The van der Waals surface area contributed by atoms with Gasteiger partial charge in [0.25, 0.3) is 0 Å². The number of benzene rings is 12.